The quantitative estimate of drug-likeness (QED) is 0.369. The number of ether oxygens (including phenoxy) is 2. The number of nitrogens with two attached hydrogens (primary N) is 1. The Kier molecular flexibility index (Phi) is 12.6. The van der Waals surface area contributed by atoms with Gasteiger partial charge in [0.05, 0.1) is 26.4 Å². The van der Waals surface area contributed by atoms with Gasteiger partial charge >= 0.3 is 0 Å². The van der Waals surface area contributed by atoms with E-state index in [4.69, 9.17) is 15.2 Å². The summed E-state index contributed by atoms with van der Waals surface area (Å²) in [6, 6.07) is 0. The van der Waals surface area contributed by atoms with Crippen molar-refractivity contribution in [3.05, 3.63) is 0 Å². The molecule has 0 bridgehead atoms. The van der Waals surface area contributed by atoms with Crippen LogP contribution in [0, 0.1) is 0 Å². The van der Waals surface area contributed by atoms with E-state index in [-0.39, 0.29) is 0 Å². The largest absolute Gasteiger partial charge is 0.379 e. The maximum Gasteiger partial charge on any atom is 0.0591 e. The summed E-state index contributed by atoms with van der Waals surface area (Å²) in [5, 5.41) is 6.23. The minimum atomic E-state index is 0.590. The molecule has 0 radical (unpaired) electrons. The molecule has 0 atom stereocenters. The fourth-order valence-electron chi connectivity index (χ4n) is 0.875. The predicted molar refractivity (Wildman–Crippen MR) is 57.5 cm³/mol. The fraction of sp³-hybridized carbons (Fsp3) is 1.00. The zero-order valence-electron chi connectivity index (χ0n) is 9.05. The summed E-state index contributed by atoms with van der Waals surface area (Å²) >= 11 is 0. The maximum absolute atomic E-state index is 5.32. The predicted octanol–water partition coefficient (Wildman–Crippen LogP) is -1.21. The Hall–Kier alpha value is -0.200. The van der Waals surface area contributed by atoms with E-state index in [1.165, 1.54) is 0 Å². The molecule has 0 aliphatic carbocycles. The van der Waals surface area contributed by atoms with Crippen LogP contribution >= 0.6 is 0 Å². The Morgan fingerprint density at radius 1 is 0.929 bits per heavy atom. The molecule has 5 heteroatoms. The van der Waals surface area contributed by atoms with E-state index in [2.05, 4.69) is 10.6 Å². The highest BCUT2D eigenvalue weighted by Gasteiger charge is 1.89. The molecule has 0 spiro atoms. The molecule has 0 saturated heterocycles. The van der Waals surface area contributed by atoms with Crippen LogP contribution in [0.5, 0.6) is 0 Å². The first kappa shape index (κ1) is 13.8. The zero-order chi connectivity index (χ0) is 10.5. The third-order valence-electron chi connectivity index (χ3n) is 1.60. The van der Waals surface area contributed by atoms with Crippen molar-refractivity contribution >= 4 is 0 Å². The SMILES string of the molecule is CNCCOCCNCCOCCN. The van der Waals surface area contributed by atoms with Gasteiger partial charge in [-0.05, 0) is 7.05 Å². The lowest BCUT2D eigenvalue weighted by molar-refractivity contribution is 0.126. The van der Waals surface area contributed by atoms with Crippen molar-refractivity contribution in [2.24, 2.45) is 5.73 Å². The third-order valence-corrected chi connectivity index (χ3v) is 1.60. The average molecular weight is 205 g/mol. The number of rotatable bonds is 11. The smallest absolute Gasteiger partial charge is 0.0591 e. The summed E-state index contributed by atoms with van der Waals surface area (Å²) in [5.41, 5.74) is 5.27. The van der Waals surface area contributed by atoms with Gasteiger partial charge in [-0.25, -0.2) is 0 Å². The molecule has 14 heavy (non-hydrogen) atoms. The van der Waals surface area contributed by atoms with Crippen LogP contribution < -0.4 is 16.4 Å². The molecule has 0 aliphatic heterocycles. The van der Waals surface area contributed by atoms with Crippen molar-refractivity contribution in [1.29, 1.82) is 0 Å². The van der Waals surface area contributed by atoms with Crippen LogP contribution in [0.25, 0.3) is 0 Å². The topological polar surface area (TPSA) is 68.5 Å². The Balaban J connectivity index is 2.78. The summed E-state index contributed by atoms with van der Waals surface area (Å²) in [4.78, 5) is 0. The highest BCUT2D eigenvalue weighted by atomic mass is 16.5. The lowest BCUT2D eigenvalue weighted by Crippen LogP contribution is -2.26. The van der Waals surface area contributed by atoms with Crippen molar-refractivity contribution in [2.45, 2.75) is 0 Å². The second-order valence-corrected chi connectivity index (χ2v) is 2.87. The third kappa shape index (κ3) is 11.8. The van der Waals surface area contributed by atoms with Crippen molar-refractivity contribution in [1.82, 2.24) is 10.6 Å². The molecule has 0 amide bonds. The Morgan fingerprint density at radius 3 is 2.07 bits per heavy atom. The van der Waals surface area contributed by atoms with Gasteiger partial charge in [0.2, 0.25) is 0 Å². The number of hydrogen-bond donors (Lipinski definition) is 3. The van der Waals surface area contributed by atoms with Gasteiger partial charge in [-0.2, -0.15) is 0 Å². The van der Waals surface area contributed by atoms with E-state index >= 15 is 0 Å². The van der Waals surface area contributed by atoms with Crippen LogP contribution in [-0.4, -0.2) is 59.7 Å². The maximum atomic E-state index is 5.32. The van der Waals surface area contributed by atoms with Gasteiger partial charge in [-0.3, -0.25) is 0 Å². The van der Waals surface area contributed by atoms with E-state index in [9.17, 15) is 0 Å². The van der Waals surface area contributed by atoms with Crippen molar-refractivity contribution < 1.29 is 9.47 Å². The fourth-order valence-corrected chi connectivity index (χ4v) is 0.875. The standard InChI is InChI=1S/C9H23N3O2/c1-11-3-7-14-9-5-12-4-8-13-6-2-10/h11-12H,2-10H2,1H3. The summed E-state index contributed by atoms with van der Waals surface area (Å²) in [6.45, 7) is 6.09. The molecule has 0 heterocycles. The van der Waals surface area contributed by atoms with Gasteiger partial charge in [0.25, 0.3) is 0 Å². The zero-order valence-corrected chi connectivity index (χ0v) is 9.05. The van der Waals surface area contributed by atoms with Crippen molar-refractivity contribution in [2.75, 3.05) is 59.7 Å². The molecular weight excluding hydrogens is 182 g/mol. The minimum absolute atomic E-state index is 0.590. The molecule has 0 rings (SSSR count). The normalized spacial score (nSPS) is 10.7. The average Bonchev–Trinajstić information content (AvgIpc) is 2.21. The molecule has 86 valence electrons. The Labute approximate surface area is 86.3 Å². The number of likely N-dealkylation sites (N-methyl/N-ethyl adjacent to an activating group) is 1. The molecule has 5 nitrogen and oxygen atoms in total. The summed E-state index contributed by atoms with van der Waals surface area (Å²) < 4.78 is 10.5. The van der Waals surface area contributed by atoms with Crippen LogP contribution in [-0.2, 0) is 9.47 Å². The first-order valence-electron chi connectivity index (χ1n) is 5.12. The lowest BCUT2D eigenvalue weighted by Gasteiger charge is -2.06. The van der Waals surface area contributed by atoms with E-state index in [0.717, 1.165) is 32.8 Å². The van der Waals surface area contributed by atoms with E-state index in [1.807, 2.05) is 7.05 Å². The van der Waals surface area contributed by atoms with Gasteiger partial charge in [0.15, 0.2) is 0 Å². The van der Waals surface area contributed by atoms with Crippen LogP contribution in [0.15, 0.2) is 0 Å². The molecule has 0 unspecified atom stereocenters. The van der Waals surface area contributed by atoms with Gasteiger partial charge in [-0.1, -0.05) is 0 Å². The lowest BCUT2D eigenvalue weighted by atomic mass is 10.6. The first-order chi connectivity index (χ1) is 6.91. The van der Waals surface area contributed by atoms with Gasteiger partial charge < -0.3 is 25.8 Å². The second kappa shape index (κ2) is 12.8. The first-order valence-corrected chi connectivity index (χ1v) is 5.12. The van der Waals surface area contributed by atoms with E-state index < -0.39 is 0 Å². The van der Waals surface area contributed by atoms with Crippen LogP contribution in [0.2, 0.25) is 0 Å². The van der Waals surface area contributed by atoms with Crippen LogP contribution in [0.1, 0.15) is 0 Å². The van der Waals surface area contributed by atoms with Crippen molar-refractivity contribution in [3.8, 4) is 0 Å². The van der Waals surface area contributed by atoms with Crippen molar-refractivity contribution in [3.63, 3.8) is 0 Å². The Bertz CT molecular complexity index is 92.1. The highest BCUT2D eigenvalue weighted by molar-refractivity contribution is 4.45. The molecule has 0 aromatic heterocycles. The summed E-state index contributed by atoms with van der Waals surface area (Å²) in [5.74, 6) is 0. The Morgan fingerprint density at radius 2 is 1.50 bits per heavy atom. The van der Waals surface area contributed by atoms with Crippen LogP contribution in [0.3, 0.4) is 0 Å². The number of nitrogens with one attached hydrogen (secondary N) is 2. The summed E-state index contributed by atoms with van der Waals surface area (Å²) in [6.07, 6.45) is 0. The molecule has 0 aromatic carbocycles. The van der Waals surface area contributed by atoms with E-state index in [1.54, 1.807) is 0 Å². The minimum Gasteiger partial charge on any atom is -0.379 e. The number of hydrogen-bond acceptors (Lipinski definition) is 5. The molecule has 0 fully saturated rings. The summed E-state index contributed by atoms with van der Waals surface area (Å²) in [7, 11) is 1.91. The van der Waals surface area contributed by atoms with Gasteiger partial charge in [-0.15, -0.1) is 0 Å². The molecule has 0 aliphatic rings. The second-order valence-electron chi connectivity index (χ2n) is 2.87. The molecule has 0 saturated carbocycles. The molecule has 4 N–H and O–H groups in total. The molecular formula is C9H23N3O2. The monoisotopic (exact) mass is 205 g/mol. The highest BCUT2D eigenvalue weighted by Crippen LogP contribution is 1.73. The van der Waals surface area contributed by atoms with E-state index in [0.29, 0.717) is 19.8 Å². The van der Waals surface area contributed by atoms with Gasteiger partial charge in [0.1, 0.15) is 0 Å². The molecule has 0 aromatic rings. The van der Waals surface area contributed by atoms with Crippen LogP contribution in [0.4, 0.5) is 0 Å². The van der Waals surface area contributed by atoms with Gasteiger partial charge in [0, 0.05) is 26.2 Å².